The third-order valence-electron chi connectivity index (χ3n) is 5.97. The number of nitrogens with one attached hydrogen (secondary N) is 1. The summed E-state index contributed by atoms with van der Waals surface area (Å²) in [5.74, 6) is 1.22. The Kier molecular flexibility index (Phi) is 7.69. The predicted octanol–water partition coefficient (Wildman–Crippen LogP) is 2.30. The van der Waals surface area contributed by atoms with Gasteiger partial charge in [0.1, 0.15) is 5.82 Å². The van der Waals surface area contributed by atoms with Crippen molar-refractivity contribution in [1.29, 1.82) is 0 Å². The van der Waals surface area contributed by atoms with Crippen LogP contribution in [0.25, 0.3) is 16.9 Å². The summed E-state index contributed by atoms with van der Waals surface area (Å²) < 4.78 is 12.9. The van der Waals surface area contributed by atoms with Crippen molar-refractivity contribution in [3.05, 3.63) is 39.7 Å². The molecule has 3 aromatic rings. The van der Waals surface area contributed by atoms with Crippen LogP contribution in [0.15, 0.2) is 17.1 Å². The summed E-state index contributed by atoms with van der Waals surface area (Å²) in [4.78, 5) is 39.5. The van der Waals surface area contributed by atoms with Gasteiger partial charge in [0.25, 0.3) is 5.56 Å². The number of ether oxygens (including phenoxy) is 2. The number of nitrogens with zero attached hydrogens (tertiary/aromatic N) is 5. The molecule has 4 heterocycles. The van der Waals surface area contributed by atoms with E-state index in [1.54, 1.807) is 10.6 Å². The largest absolute Gasteiger partial charge is 0.477 e. The molecular formula is C24H32N6O4. The number of fused-ring (bicyclic) bond motifs is 1. The van der Waals surface area contributed by atoms with Gasteiger partial charge in [-0.15, -0.1) is 5.10 Å². The number of unbranched alkanes of at least 4 members (excludes halogenated alkanes) is 1. The van der Waals surface area contributed by atoms with E-state index in [1.165, 1.54) is 13.1 Å². The average molecular weight is 469 g/mol. The summed E-state index contributed by atoms with van der Waals surface area (Å²) in [7, 11) is 0. The van der Waals surface area contributed by atoms with Crippen LogP contribution in [-0.2, 0) is 17.6 Å². The van der Waals surface area contributed by atoms with Crippen LogP contribution in [0.3, 0.4) is 0 Å². The Labute approximate surface area is 198 Å². The van der Waals surface area contributed by atoms with Crippen LogP contribution in [0.1, 0.15) is 55.5 Å². The standard InChI is InChI=1S/C24H32N6O4/c1-4-6-11-34-24-18(14-17(15-25-24)16(3)31)22-27-23(32)21-19(26-20(5-2)30(21)28-22)7-8-29-9-12-33-13-10-29/h14-15H,4-13H2,1-3H3,(H,27,28,32). The molecule has 4 rings (SSSR count). The van der Waals surface area contributed by atoms with Crippen LogP contribution >= 0.6 is 0 Å². The highest BCUT2D eigenvalue weighted by molar-refractivity contribution is 5.95. The van der Waals surface area contributed by atoms with Crippen LogP contribution in [0.5, 0.6) is 5.88 Å². The predicted molar refractivity (Wildman–Crippen MR) is 128 cm³/mol. The van der Waals surface area contributed by atoms with Gasteiger partial charge in [-0.3, -0.25) is 14.5 Å². The first-order valence-corrected chi connectivity index (χ1v) is 12.0. The highest BCUT2D eigenvalue weighted by atomic mass is 16.5. The van der Waals surface area contributed by atoms with Crippen molar-refractivity contribution >= 4 is 11.3 Å². The molecule has 0 amide bonds. The molecule has 0 spiro atoms. The Morgan fingerprint density at radius 1 is 1.26 bits per heavy atom. The zero-order valence-corrected chi connectivity index (χ0v) is 20.1. The van der Waals surface area contributed by atoms with E-state index in [0.29, 0.717) is 53.6 Å². The van der Waals surface area contributed by atoms with Gasteiger partial charge < -0.3 is 14.5 Å². The molecule has 34 heavy (non-hydrogen) atoms. The van der Waals surface area contributed by atoms with Crippen molar-refractivity contribution in [2.24, 2.45) is 0 Å². The number of aryl methyl sites for hydroxylation is 1. The molecule has 3 aromatic heterocycles. The van der Waals surface area contributed by atoms with Gasteiger partial charge in [-0.1, -0.05) is 20.3 Å². The number of hydrogen-bond donors (Lipinski definition) is 1. The highest BCUT2D eigenvalue weighted by Gasteiger charge is 2.20. The van der Waals surface area contributed by atoms with Gasteiger partial charge >= 0.3 is 0 Å². The molecule has 0 aliphatic carbocycles. The molecule has 0 atom stereocenters. The Balaban J connectivity index is 1.73. The minimum Gasteiger partial charge on any atom is -0.477 e. The number of carbonyl (C=O) groups excluding carboxylic acids is 1. The van der Waals surface area contributed by atoms with Gasteiger partial charge in [-0.2, -0.15) is 0 Å². The Hall–Kier alpha value is -3.11. The molecule has 1 N–H and O–H groups in total. The van der Waals surface area contributed by atoms with Gasteiger partial charge in [0, 0.05) is 44.2 Å². The number of aromatic amines is 1. The second-order valence-electron chi connectivity index (χ2n) is 8.43. The fraction of sp³-hybridized carbons (Fsp3) is 0.542. The first-order chi connectivity index (χ1) is 16.5. The number of hydrogen-bond acceptors (Lipinski definition) is 8. The van der Waals surface area contributed by atoms with E-state index in [1.807, 2.05) is 6.92 Å². The Morgan fingerprint density at radius 2 is 2.06 bits per heavy atom. The molecule has 0 unspecified atom stereocenters. The maximum absolute atomic E-state index is 13.2. The van der Waals surface area contributed by atoms with E-state index in [9.17, 15) is 9.59 Å². The molecule has 10 nitrogen and oxygen atoms in total. The highest BCUT2D eigenvalue weighted by Crippen LogP contribution is 2.27. The van der Waals surface area contributed by atoms with Crippen LogP contribution in [-0.4, -0.2) is 74.7 Å². The zero-order chi connectivity index (χ0) is 24.1. The molecular weight excluding hydrogens is 436 g/mol. The second kappa shape index (κ2) is 10.9. The maximum atomic E-state index is 13.2. The number of carbonyl (C=O) groups is 1. The molecule has 1 aliphatic heterocycles. The number of morpholine rings is 1. The summed E-state index contributed by atoms with van der Waals surface area (Å²) in [5, 5.41) is 4.72. The molecule has 10 heteroatoms. The second-order valence-corrected chi connectivity index (χ2v) is 8.43. The fourth-order valence-electron chi connectivity index (χ4n) is 3.99. The summed E-state index contributed by atoms with van der Waals surface area (Å²) in [6.45, 7) is 10.0. The molecule has 1 saturated heterocycles. The summed E-state index contributed by atoms with van der Waals surface area (Å²) >= 11 is 0. The van der Waals surface area contributed by atoms with Crippen molar-refractivity contribution < 1.29 is 14.3 Å². The molecule has 0 aromatic carbocycles. The molecule has 0 radical (unpaired) electrons. The number of imidazole rings is 1. The van der Waals surface area contributed by atoms with E-state index < -0.39 is 0 Å². The van der Waals surface area contributed by atoms with E-state index in [4.69, 9.17) is 19.6 Å². The van der Waals surface area contributed by atoms with Crippen molar-refractivity contribution in [3.8, 4) is 17.3 Å². The summed E-state index contributed by atoms with van der Waals surface area (Å²) in [6, 6.07) is 1.67. The third kappa shape index (κ3) is 5.18. The zero-order valence-electron chi connectivity index (χ0n) is 20.1. The molecule has 182 valence electrons. The van der Waals surface area contributed by atoms with E-state index in [0.717, 1.165) is 51.4 Å². The first-order valence-electron chi connectivity index (χ1n) is 12.0. The topological polar surface area (TPSA) is 115 Å². The normalized spacial score (nSPS) is 14.6. The molecule has 0 saturated carbocycles. The van der Waals surface area contributed by atoms with Gasteiger partial charge in [0.05, 0.1) is 31.1 Å². The third-order valence-corrected chi connectivity index (χ3v) is 5.97. The first kappa shape index (κ1) is 24.0. The lowest BCUT2D eigenvalue weighted by Gasteiger charge is -2.26. The monoisotopic (exact) mass is 468 g/mol. The smallest absolute Gasteiger partial charge is 0.277 e. The Morgan fingerprint density at radius 3 is 2.76 bits per heavy atom. The fourth-order valence-corrected chi connectivity index (χ4v) is 3.99. The number of H-pyrrole nitrogens is 1. The van der Waals surface area contributed by atoms with Crippen LogP contribution in [0.4, 0.5) is 0 Å². The summed E-state index contributed by atoms with van der Waals surface area (Å²) in [5.41, 5.74) is 1.82. The van der Waals surface area contributed by atoms with E-state index >= 15 is 0 Å². The summed E-state index contributed by atoms with van der Waals surface area (Å²) in [6.07, 6.45) is 4.61. The van der Waals surface area contributed by atoms with E-state index in [-0.39, 0.29) is 11.3 Å². The minimum absolute atomic E-state index is 0.125. The number of aromatic nitrogens is 5. The van der Waals surface area contributed by atoms with Crippen LogP contribution < -0.4 is 10.3 Å². The molecule has 1 fully saturated rings. The lowest BCUT2D eigenvalue weighted by Crippen LogP contribution is -2.37. The maximum Gasteiger partial charge on any atom is 0.277 e. The van der Waals surface area contributed by atoms with Crippen molar-refractivity contribution in [1.82, 2.24) is 29.5 Å². The van der Waals surface area contributed by atoms with E-state index in [2.05, 4.69) is 21.8 Å². The average Bonchev–Trinajstić information content (AvgIpc) is 3.21. The molecule has 1 aliphatic rings. The number of rotatable bonds is 10. The van der Waals surface area contributed by atoms with Crippen molar-refractivity contribution in [2.45, 2.75) is 46.5 Å². The molecule has 0 bridgehead atoms. The quantitative estimate of drug-likeness (QED) is 0.356. The van der Waals surface area contributed by atoms with Crippen LogP contribution in [0.2, 0.25) is 0 Å². The number of Topliss-reactive ketones (excluding diaryl/α,β-unsaturated/α-hetero) is 1. The van der Waals surface area contributed by atoms with Crippen molar-refractivity contribution in [2.75, 3.05) is 39.5 Å². The minimum atomic E-state index is -0.276. The number of ketones is 1. The SMILES string of the molecule is CCCCOc1ncc(C(C)=O)cc1-c1nn2c(CC)nc(CCN3CCOCC3)c2c(=O)[nH]1. The van der Waals surface area contributed by atoms with Gasteiger partial charge in [-0.25, -0.2) is 14.5 Å². The lowest BCUT2D eigenvalue weighted by atomic mass is 10.1. The van der Waals surface area contributed by atoms with Gasteiger partial charge in [-0.05, 0) is 19.4 Å². The lowest BCUT2D eigenvalue weighted by molar-refractivity contribution is 0.0384. The Bertz CT molecular complexity index is 1210. The van der Waals surface area contributed by atoms with Gasteiger partial charge in [0.15, 0.2) is 17.1 Å². The van der Waals surface area contributed by atoms with Crippen LogP contribution in [0, 0.1) is 0 Å². The number of pyridine rings is 1. The van der Waals surface area contributed by atoms with Crippen molar-refractivity contribution in [3.63, 3.8) is 0 Å². The van der Waals surface area contributed by atoms with Gasteiger partial charge in [0.2, 0.25) is 5.88 Å².